The lowest BCUT2D eigenvalue weighted by atomic mass is 10.0. The minimum atomic E-state index is -3.08. The number of nitrogens with zero attached hydrogens (tertiary/aromatic N) is 4. The Labute approximate surface area is 127 Å². The SMILES string of the molecule is CN(C)S(=O)(=O)CCCN1CCCC[C@@H]1Cn1cccn1. The summed E-state index contributed by atoms with van der Waals surface area (Å²) >= 11 is 0. The maximum atomic E-state index is 11.8. The molecule has 0 aliphatic carbocycles. The molecular formula is C14H26N4O2S. The summed E-state index contributed by atoms with van der Waals surface area (Å²) in [4.78, 5) is 2.43. The van der Waals surface area contributed by atoms with Gasteiger partial charge in [0, 0.05) is 32.5 Å². The van der Waals surface area contributed by atoms with Crippen molar-refractivity contribution in [3.8, 4) is 0 Å². The molecule has 21 heavy (non-hydrogen) atoms. The van der Waals surface area contributed by atoms with E-state index in [1.807, 2.05) is 16.9 Å². The van der Waals surface area contributed by atoms with Crippen molar-refractivity contribution in [2.45, 2.75) is 38.3 Å². The highest BCUT2D eigenvalue weighted by Gasteiger charge is 2.23. The predicted octanol–water partition coefficient (Wildman–Crippen LogP) is 1.02. The zero-order chi connectivity index (χ0) is 15.3. The molecule has 1 fully saturated rings. The molecule has 0 aromatic carbocycles. The lowest BCUT2D eigenvalue weighted by molar-refractivity contribution is 0.130. The molecule has 0 unspecified atom stereocenters. The molecule has 7 heteroatoms. The molecule has 0 saturated carbocycles. The van der Waals surface area contributed by atoms with Gasteiger partial charge in [0.25, 0.3) is 0 Å². The molecule has 0 amide bonds. The van der Waals surface area contributed by atoms with Crippen LogP contribution >= 0.6 is 0 Å². The fourth-order valence-electron chi connectivity index (χ4n) is 2.82. The number of sulfonamides is 1. The Hall–Kier alpha value is -0.920. The monoisotopic (exact) mass is 314 g/mol. The van der Waals surface area contributed by atoms with Gasteiger partial charge in [-0.1, -0.05) is 6.42 Å². The van der Waals surface area contributed by atoms with Gasteiger partial charge >= 0.3 is 0 Å². The van der Waals surface area contributed by atoms with E-state index < -0.39 is 10.0 Å². The van der Waals surface area contributed by atoms with Crippen LogP contribution in [-0.4, -0.2) is 66.4 Å². The normalized spacial score (nSPS) is 21.0. The first-order valence-electron chi connectivity index (χ1n) is 7.61. The molecule has 0 N–H and O–H groups in total. The minimum Gasteiger partial charge on any atom is -0.299 e. The van der Waals surface area contributed by atoms with Crippen LogP contribution in [-0.2, 0) is 16.6 Å². The lowest BCUT2D eigenvalue weighted by Crippen LogP contribution is -2.43. The Kier molecular flexibility index (Phi) is 5.78. The van der Waals surface area contributed by atoms with Crippen LogP contribution in [0.25, 0.3) is 0 Å². The van der Waals surface area contributed by atoms with Gasteiger partial charge in [0.2, 0.25) is 10.0 Å². The molecule has 1 aromatic heterocycles. The number of piperidine rings is 1. The largest absolute Gasteiger partial charge is 0.299 e. The fourth-order valence-corrected chi connectivity index (χ4v) is 3.68. The summed E-state index contributed by atoms with van der Waals surface area (Å²) in [7, 11) is 0.111. The molecule has 6 nitrogen and oxygen atoms in total. The summed E-state index contributed by atoms with van der Waals surface area (Å²) in [6.45, 7) is 2.81. The molecule has 1 aliphatic rings. The average molecular weight is 314 g/mol. The van der Waals surface area contributed by atoms with Crippen LogP contribution in [0.3, 0.4) is 0 Å². The molecule has 120 valence electrons. The third-order valence-corrected chi connectivity index (χ3v) is 6.03. The van der Waals surface area contributed by atoms with Crippen LogP contribution < -0.4 is 0 Å². The van der Waals surface area contributed by atoms with E-state index in [-0.39, 0.29) is 5.75 Å². The third kappa shape index (κ3) is 4.79. The number of likely N-dealkylation sites (tertiary alicyclic amines) is 1. The molecular weight excluding hydrogens is 288 g/mol. The smallest absolute Gasteiger partial charge is 0.213 e. The Morgan fingerprint density at radius 3 is 2.81 bits per heavy atom. The third-order valence-electron chi connectivity index (χ3n) is 4.11. The second-order valence-electron chi connectivity index (χ2n) is 5.87. The van der Waals surface area contributed by atoms with E-state index in [9.17, 15) is 8.42 Å². The van der Waals surface area contributed by atoms with E-state index in [1.165, 1.54) is 23.6 Å². The Morgan fingerprint density at radius 2 is 2.14 bits per heavy atom. The van der Waals surface area contributed by atoms with Crippen molar-refractivity contribution in [1.82, 2.24) is 19.0 Å². The summed E-state index contributed by atoms with van der Waals surface area (Å²) in [6, 6.07) is 2.41. The minimum absolute atomic E-state index is 0.227. The molecule has 0 bridgehead atoms. The first kappa shape index (κ1) is 16.5. The van der Waals surface area contributed by atoms with E-state index >= 15 is 0 Å². The number of aromatic nitrogens is 2. The first-order chi connectivity index (χ1) is 9.99. The molecule has 0 spiro atoms. The van der Waals surface area contributed by atoms with Gasteiger partial charge in [-0.3, -0.25) is 9.58 Å². The van der Waals surface area contributed by atoms with E-state index in [0.717, 1.165) is 19.6 Å². The highest BCUT2D eigenvalue weighted by atomic mass is 32.2. The van der Waals surface area contributed by atoms with Crippen molar-refractivity contribution < 1.29 is 8.42 Å². The molecule has 1 saturated heterocycles. The second-order valence-corrected chi connectivity index (χ2v) is 8.17. The molecule has 0 radical (unpaired) electrons. The van der Waals surface area contributed by atoms with Gasteiger partial charge in [-0.25, -0.2) is 12.7 Å². The van der Waals surface area contributed by atoms with Gasteiger partial charge in [0.15, 0.2) is 0 Å². The quantitative estimate of drug-likeness (QED) is 0.754. The van der Waals surface area contributed by atoms with Gasteiger partial charge < -0.3 is 0 Å². The summed E-state index contributed by atoms with van der Waals surface area (Å²) in [6.07, 6.45) is 8.10. The average Bonchev–Trinajstić information content (AvgIpc) is 2.93. The Morgan fingerprint density at radius 1 is 1.33 bits per heavy atom. The molecule has 2 rings (SSSR count). The molecule has 1 atom stereocenters. The van der Waals surface area contributed by atoms with E-state index in [4.69, 9.17) is 0 Å². The Bertz CT molecular complexity index is 513. The van der Waals surface area contributed by atoms with Crippen molar-refractivity contribution in [1.29, 1.82) is 0 Å². The van der Waals surface area contributed by atoms with Gasteiger partial charge in [0.05, 0.1) is 12.3 Å². The lowest BCUT2D eigenvalue weighted by Gasteiger charge is -2.35. The molecule has 1 aliphatic heterocycles. The summed E-state index contributed by atoms with van der Waals surface area (Å²) in [5, 5.41) is 4.27. The van der Waals surface area contributed by atoms with Crippen molar-refractivity contribution >= 4 is 10.0 Å². The molecule has 1 aromatic rings. The maximum absolute atomic E-state index is 11.8. The fraction of sp³-hybridized carbons (Fsp3) is 0.786. The summed E-state index contributed by atoms with van der Waals surface area (Å²) in [5.74, 6) is 0.227. The van der Waals surface area contributed by atoms with E-state index in [1.54, 1.807) is 20.3 Å². The number of hydrogen-bond acceptors (Lipinski definition) is 4. The number of hydrogen-bond donors (Lipinski definition) is 0. The van der Waals surface area contributed by atoms with Crippen LogP contribution in [0, 0.1) is 0 Å². The Balaban J connectivity index is 1.84. The van der Waals surface area contributed by atoms with Crippen molar-refractivity contribution in [2.24, 2.45) is 0 Å². The zero-order valence-electron chi connectivity index (χ0n) is 13.0. The topological polar surface area (TPSA) is 58.4 Å². The van der Waals surface area contributed by atoms with Crippen LogP contribution in [0.5, 0.6) is 0 Å². The van der Waals surface area contributed by atoms with Gasteiger partial charge in [-0.15, -0.1) is 0 Å². The maximum Gasteiger partial charge on any atom is 0.213 e. The first-order valence-corrected chi connectivity index (χ1v) is 9.21. The summed E-state index contributed by atoms with van der Waals surface area (Å²) in [5.41, 5.74) is 0. The van der Waals surface area contributed by atoms with Crippen molar-refractivity contribution in [3.05, 3.63) is 18.5 Å². The van der Waals surface area contributed by atoms with Gasteiger partial charge in [0.1, 0.15) is 0 Å². The number of rotatable bonds is 7. The predicted molar refractivity (Wildman–Crippen MR) is 83.5 cm³/mol. The van der Waals surface area contributed by atoms with Crippen LogP contribution in [0.4, 0.5) is 0 Å². The highest BCUT2D eigenvalue weighted by molar-refractivity contribution is 7.89. The van der Waals surface area contributed by atoms with Crippen LogP contribution in [0.1, 0.15) is 25.7 Å². The second kappa shape index (κ2) is 7.38. The molecule has 2 heterocycles. The summed E-state index contributed by atoms with van der Waals surface area (Å²) < 4.78 is 26.9. The van der Waals surface area contributed by atoms with E-state index in [0.29, 0.717) is 12.5 Å². The van der Waals surface area contributed by atoms with E-state index in [2.05, 4.69) is 10.00 Å². The van der Waals surface area contributed by atoms with Crippen molar-refractivity contribution in [3.63, 3.8) is 0 Å². The van der Waals surface area contributed by atoms with Crippen LogP contribution in [0.2, 0.25) is 0 Å². The van der Waals surface area contributed by atoms with Crippen molar-refractivity contribution in [2.75, 3.05) is 32.9 Å². The zero-order valence-corrected chi connectivity index (χ0v) is 13.8. The standard InChI is InChI=1S/C14H26N4O2S/c1-16(2)21(19,20)12-6-10-17-9-4-3-7-14(17)13-18-11-5-8-15-18/h5,8,11,14H,3-4,6-7,9-10,12-13H2,1-2H3/t14-/m1/s1. The van der Waals surface area contributed by atoms with Crippen LogP contribution in [0.15, 0.2) is 18.5 Å². The van der Waals surface area contributed by atoms with Gasteiger partial charge in [-0.2, -0.15) is 5.10 Å². The highest BCUT2D eigenvalue weighted by Crippen LogP contribution is 2.18. The van der Waals surface area contributed by atoms with Gasteiger partial charge in [-0.05, 0) is 38.4 Å².